The molecule has 0 atom stereocenters. The van der Waals surface area contributed by atoms with Crippen molar-refractivity contribution in [1.82, 2.24) is 14.5 Å². The second-order valence-corrected chi connectivity index (χ2v) is 11.3. The molecule has 0 radical (unpaired) electrons. The van der Waals surface area contributed by atoms with Gasteiger partial charge in [-0.1, -0.05) is 24.3 Å². The Morgan fingerprint density at radius 3 is 2.41 bits per heavy atom. The van der Waals surface area contributed by atoms with E-state index < -0.39 is 10.0 Å². The maximum absolute atomic E-state index is 13.4. The molecular weight excluding hydrogens is 540 g/mol. The highest BCUT2D eigenvalue weighted by Crippen LogP contribution is 2.31. The first-order valence-corrected chi connectivity index (χ1v) is 14.7. The number of ether oxygens (including phenoxy) is 2. The molecule has 3 N–H and O–H groups in total. The number of nitrogens with one attached hydrogen (secondary N) is 1. The number of morpholine rings is 1. The number of pyridine rings is 1. The van der Waals surface area contributed by atoms with Gasteiger partial charge >= 0.3 is 0 Å². The highest BCUT2D eigenvalue weighted by molar-refractivity contribution is 7.92. The van der Waals surface area contributed by atoms with E-state index in [1.54, 1.807) is 36.5 Å². The Morgan fingerprint density at radius 1 is 0.951 bits per heavy atom. The normalized spacial score (nSPS) is 13.9. The molecule has 0 unspecified atom stereocenters. The van der Waals surface area contributed by atoms with Crippen LogP contribution in [0.3, 0.4) is 0 Å². The largest absolute Gasteiger partial charge is 0.378 e. The first-order valence-electron chi connectivity index (χ1n) is 13.2. The monoisotopic (exact) mass is 570 g/mol. The zero-order valence-electron chi connectivity index (χ0n) is 22.5. The number of anilines is 3. The van der Waals surface area contributed by atoms with Gasteiger partial charge in [-0.15, -0.1) is 0 Å². The van der Waals surface area contributed by atoms with Crippen molar-refractivity contribution >= 4 is 38.4 Å². The Balaban J connectivity index is 1.38. The second kappa shape index (κ2) is 11.2. The number of sulfonamides is 1. The van der Waals surface area contributed by atoms with Gasteiger partial charge in [0.15, 0.2) is 0 Å². The number of methoxy groups -OCH3 is 1. The van der Waals surface area contributed by atoms with Gasteiger partial charge < -0.3 is 20.1 Å². The molecule has 0 aliphatic carbocycles. The minimum Gasteiger partial charge on any atom is -0.378 e. The van der Waals surface area contributed by atoms with Gasteiger partial charge in [-0.2, -0.15) is 0 Å². The lowest BCUT2D eigenvalue weighted by molar-refractivity contribution is 0.122. The van der Waals surface area contributed by atoms with Crippen LogP contribution in [0, 0.1) is 0 Å². The summed E-state index contributed by atoms with van der Waals surface area (Å²) in [5, 5.41) is 0. The van der Waals surface area contributed by atoms with E-state index >= 15 is 0 Å². The number of benzene rings is 3. The van der Waals surface area contributed by atoms with Crippen molar-refractivity contribution < 1.29 is 17.9 Å². The molecule has 5 aromatic rings. The van der Waals surface area contributed by atoms with Gasteiger partial charge in [0, 0.05) is 49.0 Å². The summed E-state index contributed by atoms with van der Waals surface area (Å²) >= 11 is 0. The number of imidazole rings is 1. The average Bonchev–Trinajstić information content (AvgIpc) is 3.33. The molecule has 11 heteroatoms. The molecule has 10 nitrogen and oxygen atoms in total. The van der Waals surface area contributed by atoms with Gasteiger partial charge in [0.25, 0.3) is 10.0 Å². The third-order valence-electron chi connectivity index (χ3n) is 7.02. The highest BCUT2D eigenvalue weighted by Gasteiger charge is 2.22. The molecule has 3 aromatic carbocycles. The fourth-order valence-electron chi connectivity index (χ4n) is 5.00. The highest BCUT2D eigenvalue weighted by atomic mass is 32.2. The van der Waals surface area contributed by atoms with Gasteiger partial charge in [0.2, 0.25) is 5.95 Å². The standard InChI is InChI=1S/C30H30N6O4S/c1-39-20-27-29(41(37,38)34-23-5-3-2-4-6-23)18-22(19-32-27)21-7-12-26-28(17-21)36(30(31)33-26)25-10-8-24(9-11-25)35-13-15-40-16-14-35/h2-12,17-19,34H,13-16,20H2,1H3,(H2,31,33). The minimum atomic E-state index is -3.94. The molecule has 210 valence electrons. The zero-order chi connectivity index (χ0) is 28.4. The Hall–Kier alpha value is -4.45. The molecule has 0 spiro atoms. The summed E-state index contributed by atoms with van der Waals surface area (Å²) in [5.74, 6) is 0.361. The average molecular weight is 571 g/mol. The predicted octanol–water partition coefficient (Wildman–Crippen LogP) is 4.45. The zero-order valence-corrected chi connectivity index (χ0v) is 23.3. The summed E-state index contributed by atoms with van der Waals surface area (Å²) in [6.45, 7) is 3.20. The van der Waals surface area contributed by atoms with Crippen molar-refractivity contribution in [3.63, 3.8) is 0 Å². The number of hydrogen-bond acceptors (Lipinski definition) is 8. The van der Waals surface area contributed by atoms with Gasteiger partial charge in [-0.05, 0) is 60.2 Å². The molecule has 0 bridgehead atoms. The van der Waals surface area contributed by atoms with Crippen molar-refractivity contribution in [1.29, 1.82) is 0 Å². The molecule has 0 amide bonds. The van der Waals surface area contributed by atoms with E-state index in [4.69, 9.17) is 15.2 Å². The van der Waals surface area contributed by atoms with Crippen molar-refractivity contribution in [2.45, 2.75) is 11.5 Å². The summed E-state index contributed by atoms with van der Waals surface area (Å²) in [6, 6.07) is 24.3. The Morgan fingerprint density at radius 2 is 1.68 bits per heavy atom. The predicted molar refractivity (Wildman–Crippen MR) is 160 cm³/mol. The van der Waals surface area contributed by atoms with Crippen LogP contribution >= 0.6 is 0 Å². The van der Waals surface area contributed by atoms with Crippen molar-refractivity contribution in [2.24, 2.45) is 0 Å². The number of para-hydroxylation sites is 1. The van der Waals surface area contributed by atoms with Crippen molar-refractivity contribution in [2.75, 3.05) is 48.8 Å². The molecule has 0 saturated carbocycles. The van der Waals surface area contributed by atoms with Crippen molar-refractivity contribution in [3.8, 4) is 16.8 Å². The van der Waals surface area contributed by atoms with Gasteiger partial charge in [-0.25, -0.2) is 13.4 Å². The molecule has 6 rings (SSSR count). The van der Waals surface area contributed by atoms with Crippen LogP contribution < -0.4 is 15.4 Å². The Kier molecular flexibility index (Phi) is 7.31. The fourth-order valence-corrected chi connectivity index (χ4v) is 6.26. The Labute approximate surface area is 238 Å². The third-order valence-corrected chi connectivity index (χ3v) is 8.46. The molecule has 1 aliphatic heterocycles. The van der Waals surface area contributed by atoms with Crippen LogP contribution in [0.2, 0.25) is 0 Å². The van der Waals surface area contributed by atoms with E-state index in [0.717, 1.165) is 54.3 Å². The van der Waals surface area contributed by atoms with E-state index in [1.807, 2.05) is 41.0 Å². The number of hydrogen-bond donors (Lipinski definition) is 2. The third kappa shape index (κ3) is 5.47. The minimum absolute atomic E-state index is 0.0486. The molecule has 3 heterocycles. The molecular formula is C30H30N6O4S. The van der Waals surface area contributed by atoms with Gasteiger partial charge in [0.1, 0.15) is 4.90 Å². The van der Waals surface area contributed by atoms with Crippen LogP contribution in [-0.2, 0) is 26.1 Å². The van der Waals surface area contributed by atoms with Crippen LogP contribution in [-0.4, -0.2) is 56.4 Å². The molecule has 2 aromatic heterocycles. The molecule has 1 saturated heterocycles. The number of nitrogens with two attached hydrogens (primary N) is 1. The quantitative estimate of drug-likeness (QED) is 0.280. The van der Waals surface area contributed by atoms with Gasteiger partial charge in [-0.3, -0.25) is 14.3 Å². The number of rotatable bonds is 8. The van der Waals surface area contributed by atoms with Crippen LogP contribution in [0.5, 0.6) is 0 Å². The van der Waals surface area contributed by atoms with Crippen molar-refractivity contribution in [3.05, 3.63) is 90.8 Å². The SMILES string of the molecule is COCc1ncc(-c2ccc3nc(N)n(-c4ccc(N5CCOCC5)cc4)c3c2)cc1S(=O)(=O)Nc1ccccc1. The molecule has 41 heavy (non-hydrogen) atoms. The summed E-state index contributed by atoms with van der Waals surface area (Å²) in [4.78, 5) is 11.4. The van der Waals surface area contributed by atoms with E-state index in [1.165, 1.54) is 7.11 Å². The first-order chi connectivity index (χ1) is 19.9. The Bertz CT molecular complexity index is 1780. The topological polar surface area (TPSA) is 125 Å². The maximum atomic E-state index is 13.4. The summed E-state index contributed by atoms with van der Waals surface area (Å²) < 4.78 is 42.1. The van der Waals surface area contributed by atoms with Crippen LogP contribution in [0.4, 0.5) is 17.3 Å². The second-order valence-electron chi connectivity index (χ2n) is 9.70. The molecule has 1 fully saturated rings. The first kappa shape index (κ1) is 26.8. The lowest BCUT2D eigenvalue weighted by atomic mass is 10.1. The maximum Gasteiger partial charge on any atom is 0.263 e. The molecule has 1 aliphatic rings. The smallest absolute Gasteiger partial charge is 0.263 e. The fraction of sp³-hybridized carbons (Fsp3) is 0.200. The van der Waals surface area contributed by atoms with Crippen LogP contribution in [0.1, 0.15) is 5.69 Å². The number of fused-ring (bicyclic) bond motifs is 1. The lowest BCUT2D eigenvalue weighted by Gasteiger charge is -2.29. The lowest BCUT2D eigenvalue weighted by Crippen LogP contribution is -2.36. The van der Waals surface area contributed by atoms with E-state index in [2.05, 4.69) is 31.7 Å². The van der Waals surface area contributed by atoms with E-state index in [0.29, 0.717) is 22.9 Å². The summed E-state index contributed by atoms with van der Waals surface area (Å²) in [7, 11) is -2.44. The summed E-state index contributed by atoms with van der Waals surface area (Å²) in [5.41, 5.74) is 12.1. The number of nitrogen functional groups attached to an aromatic ring is 1. The van der Waals surface area contributed by atoms with E-state index in [9.17, 15) is 8.42 Å². The van der Waals surface area contributed by atoms with Crippen LogP contribution in [0.25, 0.3) is 27.8 Å². The number of aromatic nitrogens is 3. The number of nitrogens with zero attached hydrogens (tertiary/aromatic N) is 4. The van der Waals surface area contributed by atoms with Gasteiger partial charge in [0.05, 0.1) is 36.5 Å². The summed E-state index contributed by atoms with van der Waals surface area (Å²) in [6.07, 6.45) is 1.65. The van der Waals surface area contributed by atoms with E-state index in [-0.39, 0.29) is 11.5 Å². The van der Waals surface area contributed by atoms with Crippen LogP contribution in [0.15, 0.2) is 90.0 Å².